The topological polar surface area (TPSA) is 104 Å². The summed E-state index contributed by atoms with van der Waals surface area (Å²) in [6.45, 7) is 6.63. The maximum Gasteiger partial charge on any atom is 0.188 e. The average Bonchev–Trinajstić information content (AvgIpc) is 2.84. The second-order valence-corrected chi connectivity index (χ2v) is 12.1. The zero-order chi connectivity index (χ0) is 26.2. The number of hydrogen-bond donors (Lipinski definition) is 1. The molecule has 36 heavy (non-hydrogen) atoms. The van der Waals surface area contributed by atoms with Crippen LogP contribution >= 0.6 is 18.7 Å². The first kappa shape index (κ1) is 25.6. The molecule has 1 N–H and O–H groups in total. The first-order valence-electron chi connectivity index (χ1n) is 11.0. The Bertz CT molecular complexity index is 1570. The van der Waals surface area contributed by atoms with E-state index in [4.69, 9.17) is 11.6 Å². The van der Waals surface area contributed by atoms with Crippen LogP contribution in [0.4, 0.5) is 14.5 Å². The molecule has 7 nitrogen and oxygen atoms in total. The van der Waals surface area contributed by atoms with Gasteiger partial charge in [-0.1, -0.05) is 18.5 Å². The number of aryl methyl sites for hydroxylation is 1. The van der Waals surface area contributed by atoms with Crippen LogP contribution in [0.25, 0.3) is 22.3 Å². The zero-order valence-corrected chi connectivity index (χ0v) is 21.6. The Morgan fingerprint density at radius 1 is 1.14 bits per heavy atom. The molecule has 1 atom stereocenters. The summed E-state index contributed by atoms with van der Waals surface area (Å²) in [6.07, 6.45) is 3.20. The normalized spacial score (nSPS) is 12.4. The Hall–Kier alpha value is -3.47. The van der Waals surface area contributed by atoms with E-state index in [0.29, 0.717) is 28.9 Å². The van der Waals surface area contributed by atoms with Gasteiger partial charge in [0.2, 0.25) is 0 Å². The lowest BCUT2D eigenvalue weighted by molar-refractivity contribution is 0.586. The van der Waals surface area contributed by atoms with Crippen molar-refractivity contribution < 1.29 is 13.3 Å². The number of pyridine rings is 2. The SMILES string of the molecule is CC[C@H](Nc1c(Cl)c(C)nc2cc(F)c(-c3cnc(P(C)(C)=O)nc3)nc12)c1cc(C#N)ccc1F. The highest BCUT2D eigenvalue weighted by atomic mass is 35.5. The minimum Gasteiger partial charge on any atom is -0.375 e. The van der Waals surface area contributed by atoms with E-state index in [1.807, 2.05) is 13.0 Å². The molecule has 0 unspecified atom stereocenters. The number of rotatable bonds is 6. The monoisotopic (exact) mass is 526 g/mol. The highest BCUT2D eigenvalue weighted by molar-refractivity contribution is 7.69. The van der Waals surface area contributed by atoms with Crippen molar-refractivity contribution in [2.24, 2.45) is 0 Å². The van der Waals surface area contributed by atoms with Gasteiger partial charge in [-0.3, -0.25) is 0 Å². The van der Waals surface area contributed by atoms with E-state index < -0.39 is 24.8 Å². The van der Waals surface area contributed by atoms with Crippen LogP contribution < -0.4 is 10.9 Å². The van der Waals surface area contributed by atoms with Crippen molar-refractivity contribution in [1.29, 1.82) is 5.26 Å². The van der Waals surface area contributed by atoms with Crippen molar-refractivity contribution in [3.8, 4) is 17.3 Å². The van der Waals surface area contributed by atoms with Crippen LogP contribution in [0.15, 0.2) is 36.7 Å². The van der Waals surface area contributed by atoms with Gasteiger partial charge in [0.25, 0.3) is 0 Å². The standard InChI is InChI=1S/C25H22ClF2N6OP/c1-5-19(16-8-14(10-29)6-7-17(16)27)33-24-21(26)13(2)32-20-9-18(28)22(34-23(20)24)15-11-30-25(31-12-15)36(3,4)35/h6-9,11-12,19H,5H2,1-4H3,(H,32,33)/t19-/m0/s1. The van der Waals surface area contributed by atoms with E-state index >= 15 is 4.39 Å². The maximum atomic E-state index is 15.1. The molecule has 0 aliphatic rings. The van der Waals surface area contributed by atoms with Gasteiger partial charge in [-0.05, 0) is 44.9 Å². The van der Waals surface area contributed by atoms with Gasteiger partial charge in [0.1, 0.15) is 24.2 Å². The number of nitriles is 1. The molecule has 3 heterocycles. The molecule has 0 saturated heterocycles. The third-order valence-corrected chi connectivity index (χ3v) is 7.30. The molecule has 0 aliphatic carbocycles. The molecular weight excluding hydrogens is 505 g/mol. The Kier molecular flexibility index (Phi) is 7.03. The summed E-state index contributed by atoms with van der Waals surface area (Å²) in [7, 11) is -2.68. The van der Waals surface area contributed by atoms with Crippen molar-refractivity contribution in [2.75, 3.05) is 18.6 Å². The third kappa shape index (κ3) is 4.92. The largest absolute Gasteiger partial charge is 0.375 e. The van der Waals surface area contributed by atoms with Crippen molar-refractivity contribution >= 4 is 41.0 Å². The fraction of sp³-hybridized carbons (Fsp3) is 0.240. The molecule has 0 radical (unpaired) electrons. The van der Waals surface area contributed by atoms with Gasteiger partial charge < -0.3 is 9.88 Å². The Morgan fingerprint density at radius 2 is 1.83 bits per heavy atom. The van der Waals surface area contributed by atoms with Crippen LogP contribution in [0.2, 0.25) is 5.02 Å². The fourth-order valence-electron chi connectivity index (χ4n) is 3.77. The number of aromatic nitrogens is 4. The summed E-state index contributed by atoms with van der Waals surface area (Å²) in [4.78, 5) is 17.1. The lowest BCUT2D eigenvalue weighted by atomic mass is 10.0. The van der Waals surface area contributed by atoms with Gasteiger partial charge in [-0.2, -0.15) is 5.26 Å². The summed E-state index contributed by atoms with van der Waals surface area (Å²) < 4.78 is 42.0. The quantitative estimate of drug-likeness (QED) is 0.307. The molecular formula is C25H22ClF2N6OP. The third-order valence-electron chi connectivity index (χ3n) is 5.64. The van der Waals surface area contributed by atoms with Crippen LogP contribution in [0, 0.1) is 29.9 Å². The van der Waals surface area contributed by atoms with Gasteiger partial charge in [-0.15, -0.1) is 0 Å². The highest BCUT2D eigenvalue weighted by Crippen LogP contribution is 2.37. The molecule has 1 aromatic carbocycles. The van der Waals surface area contributed by atoms with Crippen molar-refractivity contribution in [3.63, 3.8) is 0 Å². The Balaban J connectivity index is 1.86. The van der Waals surface area contributed by atoms with E-state index in [2.05, 4.69) is 25.3 Å². The molecule has 4 aromatic rings. The van der Waals surface area contributed by atoms with Crippen LogP contribution in [-0.4, -0.2) is 33.3 Å². The summed E-state index contributed by atoms with van der Waals surface area (Å²) in [5.74, 6) is -1.12. The number of nitrogens with one attached hydrogen (secondary N) is 1. The smallest absolute Gasteiger partial charge is 0.188 e. The van der Waals surface area contributed by atoms with E-state index in [-0.39, 0.29) is 32.9 Å². The number of fused-ring (bicyclic) bond motifs is 1. The van der Waals surface area contributed by atoms with Crippen LogP contribution in [-0.2, 0) is 4.57 Å². The average molecular weight is 527 g/mol. The molecule has 0 spiro atoms. The van der Waals surface area contributed by atoms with Gasteiger partial charge in [0.15, 0.2) is 11.4 Å². The molecule has 184 valence electrons. The van der Waals surface area contributed by atoms with E-state index in [1.54, 1.807) is 20.3 Å². The van der Waals surface area contributed by atoms with E-state index in [1.165, 1.54) is 36.7 Å². The fourth-order valence-corrected chi connectivity index (χ4v) is 4.63. The van der Waals surface area contributed by atoms with Crippen molar-refractivity contribution in [1.82, 2.24) is 19.9 Å². The minimum absolute atomic E-state index is 0.0356. The number of halogens is 3. The first-order chi connectivity index (χ1) is 17.0. The van der Waals surface area contributed by atoms with Gasteiger partial charge in [0, 0.05) is 29.6 Å². The molecule has 4 rings (SSSR count). The Labute approximate surface area is 212 Å². The van der Waals surface area contributed by atoms with Crippen LogP contribution in [0.1, 0.15) is 36.2 Å². The van der Waals surface area contributed by atoms with Gasteiger partial charge in [0.05, 0.1) is 39.6 Å². The molecule has 11 heteroatoms. The van der Waals surface area contributed by atoms with E-state index in [0.717, 1.165) is 0 Å². The second kappa shape index (κ2) is 9.88. The van der Waals surface area contributed by atoms with E-state index in [9.17, 15) is 14.2 Å². The molecule has 0 fully saturated rings. The number of hydrogen-bond acceptors (Lipinski definition) is 7. The maximum absolute atomic E-state index is 15.1. The predicted octanol–water partition coefficient (Wildman–Crippen LogP) is 6.01. The number of benzene rings is 1. The lowest BCUT2D eigenvalue weighted by Crippen LogP contribution is -2.14. The number of nitrogens with zero attached hydrogens (tertiary/aromatic N) is 5. The summed E-state index contributed by atoms with van der Waals surface area (Å²) >= 11 is 6.61. The van der Waals surface area contributed by atoms with Crippen LogP contribution in [0.5, 0.6) is 0 Å². The molecule has 3 aromatic heterocycles. The second-order valence-electron chi connectivity index (χ2n) is 8.65. The summed E-state index contributed by atoms with van der Waals surface area (Å²) in [6, 6.07) is 6.84. The lowest BCUT2D eigenvalue weighted by Gasteiger charge is -2.22. The molecule has 0 amide bonds. The molecule has 0 aliphatic heterocycles. The number of anilines is 1. The highest BCUT2D eigenvalue weighted by Gasteiger charge is 2.22. The molecule has 0 bridgehead atoms. The van der Waals surface area contributed by atoms with Gasteiger partial charge in [-0.25, -0.2) is 28.7 Å². The first-order valence-corrected chi connectivity index (χ1v) is 14.0. The summed E-state index contributed by atoms with van der Waals surface area (Å²) in [5, 5.41) is 12.8. The summed E-state index contributed by atoms with van der Waals surface area (Å²) in [5.41, 5.74) is 2.38. The van der Waals surface area contributed by atoms with Crippen molar-refractivity contribution in [3.05, 3.63) is 70.1 Å². The van der Waals surface area contributed by atoms with Gasteiger partial charge >= 0.3 is 0 Å². The van der Waals surface area contributed by atoms with Crippen LogP contribution in [0.3, 0.4) is 0 Å². The predicted molar refractivity (Wildman–Crippen MR) is 137 cm³/mol. The molecule has 0 saturated carbocycles. The van der Waals surface area contributed by atoms with Crippen molar-refractivity contribution in [2.45, 2.75) is 26.3 Å². The zero-order valence-electron chi connectivity index (χ0n) is 20.0. The Morgan fingerprint density at radius 3 is 2.44 bits per heavy atom. The minimum atomic E-state index is -2.68.